The van der Waals surface area contributed by atoms with Crippen molar-refractivity contribution in [3.8, 4) is 0 Å². The lowest BCUT2D eigenvalue weighted by Crippen LogP contribution is -2.53. The van der Waals surface area contributed by atoms with Gasteiger partial charge in [-0.15, -0.1) is 0 Å². The van der Waals surface area contributed by atoms with E-state index in [0.717, 1.165) is 35.8 Å². The average molecular weight is 313 g/mol. The molecule has 0 aromatic rings. The van der Waals surface area contributed by atoms with Crippen molar-refractivity contribution in [1.29, 1.82) is 0 Å². The molecule has 1 aliphatic carbocycles. The van der Waals surface area contributed by atoms with Gasteiger partial charge < -0.3 is 10.6 Å². The van der Waals surface area contributed by atoms with Crippen molar-refractivity contribution in [2.45, 2.75) is 79.7 Å². The highest BCUT2D eigenvalue weighted by Gasteiger charge is 2.40. The van der Waals surface area contributed by atoms with Gasteiger partial charge >= 0.3 is 0 Å². The van der Waals surface area contributed by atoms with Gasteiger partial charge in [-0.25, -0.2) is 0 Å². The van der Waals surface area contributed by atoms with Gasteiger partial charge in [-0.3, -0.25) is 0 Å². The van der Waals surface area contributed by atoms with Crippen LogP contribution in [0.15, 0.2) is 0 Å². The standard InChI is InChI=1S/C18H36N2S/c1-7-10-19-17(21)20-16-13(8-2)11-15(18(4,5)6)12-14(16)9-3/h13-16H,7-12H2,1-6H3,(H2,19,20,21). The summed E-state index contributed by atoms with van der Waals surface area (Å²) in [5, 5.41) is 7.83. The molecule has 1 saturated carbocycles. The number of thiocarbonyl (C=S) groups is 1. The molecule has 21 heavy (non-hydrogen) atoms. The van der Waals surface area contributed by atoms with Gasteiger partial charge in [0, 0.05) is 12.6 Å². The van der Waals surface area contributed by atoms with Gasteiger partial charge in [0.15, 0.2) is 5.11 Å². The lowest BCUT2D eigenvalue weighted by molar-refractivity contribution is 0.0718. The molecule has 0 spiro atoms. The van der Waals surface area contributed by atoms with E-state index in [4.69, 9.17) is 12.2 Å². The Bertz CT molecular complexity index is 308. The first-order valence-electron chi connectivity index (χ1n) is 8.87. The van der Waals surface area contributed by atoms with Crippen LogP contribution in [0.1, 0.15) is 73.6 Å². The molecule has 1 fully saturated rings. The quantitative estimate of drug-likeness (QED) is 0.717. The molecular formula is C18H36N2S. The molecule has 2 atom stereocenters. The van der Waals surface area contributed by atoms with E-state index in [1.165, 1.54) is 25.7 Å². The zero-order chi connectivity index (χ0) is 16.0. The summed E-state index contributed by atoms with van der Waals surface area (Å²) in [6.07, 6.45) is 6.29. The van der Waals surface area contributed by atoms with Crippen LogP contribution in [-0.2, 0) is 0 Å². The fourth-order valence-electron chi connectivity index (χ4n) is 3.73. The molecule has 0 aromatic heterocycles. The second-order valence-electron chi connectivity index (χ2n) is 7.80. The fourth-order valence-corrected chi connectivity index (χ4v) is 3.97. The molecule has 1 rings (SSSR count). The lowest BCUT2D eigenvalue weighted by Gasteiger charge is -2.46. The molecule has 1 aliphatic rings. The summed E-state index contributed by atoms with van der Waals surface area (Å²) in [6.45, 7) is 15.0. The first-order valence-corrected chi connectivity index (χ1v) is 9.28. The Hall–Kier alpha value is -0.310. The Kier molecular flexibility index (Phi) is 7.46. The Labute approximate surface area is 137 Å². The van der Waals surface area contributed by atoms with E-state index in [-0.39, 0.29) is 0 Å². The number of hydrogen-bond acceptors (Lipinski definition) is 1. The monoisotopic (exact) mass is 312 g/mol. The summed E-state index contributed by atoms with van der Waals surface area (Å²) in [6, 6.07) is 0.551. The molecule has 2 nitrogen and oxygen atoms in total. The van der Waals surface area contributed by atoms with Crippen LogP contribution in [0.3, 0.4) is 0 Å². The summed E-state index contributed by atoms with van der Waals surface area (Å²) < 4.78 is 0. The third-order valence-electron chi connectivity index (χ3n) is 5.30. The van der Waals surface area contributed by atoms with Crippen LogP contribution in [0, 0.1) is 23.2 Å². The predicted octanol–water partition coefficient (Wildman–Crippen LogP) is 4.74. The van der Waals surface area contributed by atoms with Crippen molar-refractivity contribution >= 4 is 17.3 Å². The van der Waals surface area contributed by atoms with E-state index >= 15 is 0 Å². The van der Waals surface area contributed by atoms with E-state index in [1.54, 1.807) is 0 Å². The maximum absolute atomic E-state index is 5.48. The van der Waals surface area contributed by atoms with Crippen LogP contribution in [0.25, 0.3) is 0 Å². The Morgan fingerprint density at radius 2 is 1.57 bits per heavy atom. The van der Waals surface area contributed by atoms with Gasteiger partial charge in [0.25, 0.3) is 0 Å². The lowest BCUT2D eigenvalue weighted by atomic mass is 9.62. The summed E-state index contributed by atoms with van der Waals surface area (Å²) >= 11 is 5.48. The van der Waals surface area contributed by atoms with Gasteiger partial charge in [-0.05, 0) is 54.6 Å². The molecule has 0 amide bonds. The molecule has 2 N–H and O–H groups in total. The third-order valence-corrected chi connectivity index (χ3v) is 5.56. The van der Waals surface area contributed by atoms with Crippen molar-refractivity contribution < 1.29 is 0 Å². The Balaban J connectivity index is 2.75. The van der Waals surface area contributed by atoms with E-state index in [2.05, 4.69) is 52.2 Å². The van der Waals surface area contributed by atoms with Crippen LogP contribution in [-0.4, -0.2) is 17.7 Å². The summed E-state index contributed by atoms with van der Waals surface area (Å²) in [5.41, 5.74) is 0.423. The second-order valence-corrected chi connectivity index (χ2v) is 8.21. The van der Waals surface area contributed by atoms with Crippen LogP contribution in [0.4, 0.5) is 0 Å². The van der Waals surface area contributed by atoms with Gasteiger partial charge in [-0.2, -0.15) is 0 Å². The maximum Gasteiger partial charge on any atom is 0.166 e. The second kappa shape index (κ2) is 8.36. The van der Waals surface area contributed by atoms with Crippen LogP contribution < -0.4 is 10.6 Å². The smallest absolute Gasteiger partial charge is 0.166 e. The molecule has 124 valence electrons. The summed E-state index contributed by atoms with van der Waals surface area (Å²) in [5.74, 6) is 2.33. The molecule has 0 aliphatic heterocycles. The fraction of sp³-hybridized carbons (Fsp3) is 0.944. The highest BCUT2D eigenvalue weighted by molar-refractivity contribution is 7.80. The van der Waals surface area contributed by atoms with Gasteiger partial charge in [-0.1, -0.05) is 54.4 Å². The topological polar surface area (TPSA) is 24.1 Å². The number of hydrogen-bond donors (Lipinski definition) is 2. The van der Waals surface area contributed by atoms with E-state index in [9.17, 15) is 0 Å². The van der Waals surface area contributed by atoms with Gasteiger partial charge in [0.05, 0.1) is 0 Å². The number of nitrogens with one attached hydrogen (secondary N) is 2. The van der Waals surface area contributed by atoms with Crippen molar-refractivity contribution in [3.05, 3.63) is 0 Å². The van der Waals surface area contributed by atoms with Crippen molar-refractivity contribution in [2.75, 3.05) is 6.54 Å². The van der Waals surface area contributed by atoms with Crippen molar-refractivity contribution in [1.82, 2.24) is 10.6 Å². The maximum atomic E-state index is 5.48. The van der Waals surface area contributed by atoms with E-state index < -0.39 is 0 Å². The molecule has 3 heteroatoms. The zero-order valence-electron chi connectivity index (χ0n) is 15.0. The predicted molar refractivity (Wildman–Crippen MR) is 97.6 cm³/mol. The van der Waals surface area contributed by atoms with Crippen molar-refractivity contribution in [3.63, 3.8) is 0 Å². The minimum Gasteiger partial charge on any atom is -0.363 e. The molecule has 2 unspecified atom stereocenters. The minimum absolute atomic E-state index is 0.423. The highest BCUT2D eigenvalue weighted by Crippen LogP contribution is 2.44. The van der Waals surface area contributed by atoms with Gasteiger partial charge in [0.2, 0.25) is 0 Å². The van der Waals surface area contributed by atoms with E-state index in [0.29, 0.717) is 11.5 Å². The van der Waals surface area contributed by atoms with Crippen molar-refractivity contribution in [2.24, 2.45) is 23.2 Å². The molecule has 0 aromatic carbocycles. The summed E-state index contributed by atoms with van der Waals surface area (Å²) in [7, 11) is 0. The average Bonchev–Trinajstić information content (AvgIpc) is 2.43. The molecular weight excluding hydrogens is 276 g/mol. The molecule has 0 heterocycles. The Morgan fingerprint density at radius 3 is 1.95 bits per heavy atom. The molecule has 0 saturated heterocycles. The number of rotatable bonds is 5. The van der Waals surface area contributed by atoms with E-state index in [1.807, 2.05) is 0 Å². The molecule has 0 radical (unpaired) electrons. The highest BCUT2D eigenvalue weighted by atomic mass is 32.1. The largest absolute Gasteiger partial charge is 0.363 e. The first-order chi connectivity index (χ1) is 9.83. The zero-order valence-corrected chi connectivity index (χ0v) is 15.8. The summed E-state index contributed by atoms with van der Waals surface area (Å²) in [4.78, 5) is 0. The Morgan fingerprint density at radius 1 is 1.05 bits per heavy atom. The van der Waals surface area contributed by atoms with Crippen LogP contribution >= 0.6 is 12.2 Å². The first kappa shape index (κ1) is 18.7. The SMILES string of the molecule is CCCNC(=S)NC1C(CC)CC(C(C)(C)C)CC1CC. The van der Waals surface area contributed by atoms with Crippen LogP contribution in [0.2, 0.25) is 0 Å². The normalized spacial score (nSPS) is 30.0. The molecule has 0 bridgehead atoms. The third kappa shape index (κ3) is 5.43. The van der Waals surface area contributed by atoms with Crippen LogP contribution in [0.5, 0.6) is 0 Å². The van der Waals surface area contributed by atoms with Gasteiger partial charge in [0.1, 0.15) is 0 Å². The minimum atomic E-state index is 0.423.